The summed E-state index contributed by atoms with van der Waals surface area (Å²) in [6.07, 6.45) is 0. The summed E-state index contributed by atoms with van der Waals surface area (Å²) in [4.78, 5) is 13.5. The molecule has 1 amide bonds. The summed E-state index contributed by atoms with van der Waals surface area (Å²) in [7, 11) is 0. The van der Waals surface area contributed by atoms with Gasteiger partial charge in [-0.2, -0.15) is 5.26 Å². The van der Waals surface area contributed by atoms with Crippen molar-refractivity contribution in [1.29, 1.82) is 5.26 Å². The number of benzene rings is 2. The fourth-order valence-electron chi connectivity index (χ4n) is 2.38. The van der Waals surface area contributed by atoms with Gasteiger partial charge >= 0.3 is 0 Å². The molecule has 0 aliphatic heterocycles. The van der Waals surface area contributed by atoms with Gasteiger partial charge in [0.2, 0.25) is 5.91 Å². The number of halogens is 2. The van der Waals surface area contributed by atoms with Gasteiger partial charge in [0.1, 0.15) is 24.1 Å². The number of nitriles is 1. The van der Waals surface area contributed by atoms with Gasteiger partial charge in [0.05, 0.1) is 18.2 Å². The van der Waals surface area contributed by atoms with Crippen molar-refractivity contribution < 1.29 is 13.9 Å². The van der Waals surface area contributed by atoms with E-state index in [9.17, 15) is 9.18 Å². The molecule has 0 aromatic heterocycles. The van der Waals surface area contributed by atoms with Crippen LogP contribution in [0.5, 0.6) is 5.75 Å². The molecule has 0 aliphatic carbocycles. The Morgan fingerprint density at radius 1 is 1.32 bits per heavy atom. The minimum Gasteiger partial charge on any atom is -0.492 e. The van der Waals surface area contributed by atoms with E-state index in [0.717, 1.165) is 17.4 Å². The molecule has 2 aromatic carbocycles. The zero-order valence-corrected chi connectivity index (χ0v) is 14.6. The highest BCUT2D eigenvalue weighted by molar-refractivity contribution is 6.27. The van der Waals surface area contributed by atoms with E-state index in [1.165, 1.54) is 11.0 Å². The number of alkyl halides is 1. The Kier molecular flexibility index (Phi) is 6.79. The fourth-order valence-corrected chi connectivity index (χ4v) is 2.55. The van der Waals surface area contributed by atoms with Crippen LogP contribution in [-0.2, 0) is 11.3 Å². The Balaban J connectivity index is 2.03. The molecule has 0 saturated heterocycles. The Labute approximate surface area is 151 Å². The van der Waals surface area contributed by atoms with Crippen LogP contribution in [0, 0.1) is 24.1 Å². The molecule has 2 rings (SSSR count). The van der Waals surface area contributed by atoms with Gasteiger partial charge in [0.25, 0.3) is 0 Å². The number of amides is 1. The quantitative estimate of drug-likeness (QED) is 0.708. The summed E-state index contributed by atoms with van der Waals surface area (Å²) in [6, 6.07) is 13.5. The van der Waals surface area contributed by atoms with Crippen molar-refractivity contribution in [2.75, 3.05) is 19.0 Å². The summed E-state index contributed by atoms with van der Waals surface area (Å²) in [5, 5.41) is 8.93. The zero-order valence-electron chi connectivity index (χ0n) is 13.8. The molecule has 0 saturated carbocycles. The summed E-state index contributed by atoms with van der Waals surface area (Å²) < 4.78 is 19.2. The van der Waals surface area contributed by atoms with Crippen LogP contribution >= 0.6 is 11.6 Å². The summed E-state index contributed by atoms with van der Waals surface area (Å²) in [5.41, 5.74) is 1.82. The SMILES string of the molecule is Cc1cccc(OCCN(Cc2cc(F)cc(C#N)c2)C(=O)CCl)c1. The minimum atomic E-state index is -0.511. The first-order valence-electron chi connectivity index (χ1n) is 7.74. The van der Waals surface area contributed by atoms with Gasteiger partial charge in [-0.3, -0.25) is 4.79 Å². The number of aryl methyl sites for hydroxylation is 1. The first-order valence-corrected chi connectivity index (χ1v) is 8.28. The monoisotopic (exact) mass is 360 g/mol. The number of nitrogens with zero attached hydrogens (tertiary/aromatic N) is 2. The molecule has 6 heteroatoms. The van der Waals surface area contributed by atoms with E-state index in [2.05, 4.69) is 0 Å². The highest BCUT2D eigenvalue weighted by atomic mass is 35.5. The van der Waals surface area contributed by atoms with Crippen molar-refractivity contribution in [3.63, 3.8) is 0 Å². The number of hydrogen-bond acceptors (Lipinski definition) is 3. The minimum absolute atomic E-state index is 0.162. The van der Waals surface area contributed by atoms with E-state index < -0.39 is 5.82 Å². The topological polar surface area (TPSA) is 53.3 Å². The van der Waals surface area contributed by atoms with Crippen LogP contribution < -0.4 is 4.74 Å². The number of carbonyl (C=O) groups is 1. The van der Waals surface area contributed by atoms with E-state index in [1.54, 1.807) is 6.07 Å². The van der Waals surface area contributed by atoms with Crippen molar-refractivity contribution in [3.05, 3.63) is 65.0 Å². The second kappa shape index (κ2) is 9.05. The van der Waals surface area contributed by atoms with Crippen LogP contribution in [0.25, 0.3) is 0 Å². The zero-order chi connectivity index (χ0) is 18.2. The van der Waals surface area contributed by atoms with Crippen LogP contribution in [0.2, 0.25) is 0 Å². The number of ether oxygens (including phenoxy) is 1. The summed E-state index contributed by atoms with van der Waals surface area (Å²) in [5.74, 6) is -0.248. The van der Waals surface area contributed by atoms with Crippen molar-refractivity contribution in [2.45, 2.75) is 13.5 Å². The van der Waals surface area contributed by atoms with Crippen molar-refractivity contribution in [2.24, 2.45) is 0 Å². The van der Waals surface area contributed by atoms with Gasteiger partial charge in [-0.25, -0.2) is 4.39 Å². The predicted octanol–water partition coefficient (Wildman–Crippen LogP) is 3.65. The molecular weight excluding hydrogens is 343 g/mol. The first-order chi connectivity index (χ1) is 12.0. The molecule has 0 radical (unpaired) electrons. The molecule has 0 bridgehead atoms. The maximum atomic E-state index is 13.6. The lowest BCUT2D eigenvalue weighted by Crippen LogP contribution is -2.35. The van der Waals surface area contributed by atoms with Crippen LogP contribution in [0.15, 0.2) is 42.5 Å². The Morgan fingerprint density at radius 2 is 2.12 bits per heavy atom. The molecule has 0 spiro atoms. The lowest BCUT2D eigenvalue weighted by Gasteiger charge is -2.22. The largest absolute Gasteiger partial charge is 0.492 e. The maximum Gasteiger partial charge on any atom is 0.237 e. The summed E-state index contributed by atoms with van der Waals surface area (Å²) in [6.45, 7) is 2.71. The normalized spacial score (nSPS) is 10.2. The molecule has 4 nitrogen and oxygen atoms in total. The average Bonchev–Trinajstić information content (AvgIpc) is 2.59. The molecule has 0 aliphatic rings. The maximum absolute atomic E-state index is 13.6. The fraction of sp³-hybridized carbons (Fsp3) is 0.263. The Bertz CT molecular complexity index is 789. The average molecular weight is 361 g/mol. The van der Waals surface area contributed by atoms with Gasteiger partial charge in [0, 0.05) is 6.54 Å². The second-order valence-corrected chi connectivity index (χ2v) is 5.84. The van der Waals surface area contributed by atoms with Gasteiger partial charge in [0.15, 0.2) is 0 Å². The molecule has 0 atom stereocenters. The first kappa shape index (κ1) is 18.8. The highest BCUT2D eigenvalue weighted by Crippen LogP contribution is 2.14. The second-order valence-electron chi connectivity index (χ2n) is 5.57. The Morgan fingerprint density at radius 3 is 2.80 bits per heavy atom. The predicted molar refractivity (Wildman–Crippen MR) is 93.9 cm³/mol. The van der Waals surface area contributed by atoms with E-state index >= 15 is 0 Å². The van der Waals surface area contributed by atoms with Crippen LogP contribution in [0.1, 0.15) is 16.7 Å². The molecule has 0 unspecified atom stereocenters. The smallest absolute Gasteiger partial charge is 0.237 e. The van der Waals surface area contributed by atoms with E-state index in [1.807, 2.05) is 37.3 Å². The molecule has 25 heavy (non-hydrogen) atoms. The Hall–Kier alpha value is -2.58. The van der Waals surface area contributed by atoms with E-state index in [-0.39, 0.29) is 30.5 Å². The van der Waals surface area contributed by atoms with Crippen LogP contribution in [0.4, 0.5) is 4.39 Å². The van der Waals surface area contributed by atoms with Crippen molar-refractivity contribution >= 4 is 17.5 Å². The van der Waals surface area contributed by atoms with Gasteiger partial charge in [-0.15, -0.1) is 11.6 Å². The molecule has 0 heterocycles. The third-order valence-corrected chi connectivity index (χ3v) is 3.78. The van der Waals surface area contributed by atoms with Gasteiger partial charge in [-0.1, -0.05) is 12.1 Å². The van der Waals surface area contributed by atoms with Gasteiger partial charge in [-0.05, 0) is 48.4 Å². The van der Waals surface area contributed by atoms with Crippen molar-refractivity contribution in [1.82, 2.24) is 4.90 Å². The highest BCUT2D eigenvalue weighted by Gasteiger charge is 2.14. The standard InChI is InChI=1S/C19H18ClFN2O2/c1-14-3-2-4-18(7-14)25-6-5-23(19(24)11-20)13-16-8-15(12-22)9-17(21)10-16/h2-4,7-10H,5-6,11,13H2,1H3. The number of carbonyl (C=O) groups excluding carboxylic acids is 1. The van der Waals surface area contributed by atoms with E-state index in [0.29, 0.717) is 12.1 Å². The van der Waals surface area contributed by atoms with Gasteiger partial charge < -0.3 is 9.64 Å². The molecule has 0 fully saturated rings. The number of rotatable bonds is 7. The molecular formula is C19H18ClFN2O2. The van der Waals surface area contributed by atoms with Crippen LogP contribution in [-0.4, -0.2) is 29.8 Å². The molecule has 130 valence electrons. The summed E-state index contributed by atoms with van der Waals surface area (Å²) >= 11 is 5.66. The lowest BCUT2D eigenvalue weighted by molar-refractivity contribution is -0.129. The lowest BCUT2D eigenvalue weighted by atomic mass is 10.1. The number of hydrogen-bond donors (Lipinski definition) is 0. The van der Waals surface area contributed by atoms with E-state index in [4.69, 9.17) is 21.6 Å². The molecule has 2 aromatic rings. The van der Waals surface area contributed by atoms with Crippen molar-refractivity contribution in [3.8, 4) is 11.8 Å². The third-order valence-electron chi connectivity index (χ3n) is 3.55. The third kappa shape index (κ3) is 5.77. The van der Waals surface area contributed by atoms with Crippen LogP contribution in [0.3, 0.4) is 0 Å². The molecule has 0 N–H and O–H groups in total.